The fourth-order valence-electron chi connectivity index (χ4n) is 2.41. The molecule has 2 aromatic rings. The van der Waals surface area contributed by atoms with Crippen LogP contribution in [0, 0.1) is 0 Å². The van der Waals surface area contributed by atoms with Crippen molar-refractivity contribution in [2.75, 3.05) is 12.4 Å². The molecule has 1 amide bonds. The maximum absolute atomic E-state index is 11.6. The zero-order chi connectivity index (χ0) is 17.1. The van der Waals surface area contributed by atoms with Gasteiger partial charge in [-0.3, -0.25) is 4.79 Å². The van der Waals surface area contributed by atoms with Crippen LogP contribution < -0.4 is 5.32 Å². The van der Waals surface area contributed by atoms with Gasteiger partial charge in [-0.05, 0) is 31.9 Å². The molecule has 1 heterocycles. The smallest absolute Gasteiger partial charge is 0.354 e. The van der Waals surface area contributed by atoms with Crippen molar-refractivity contribution in [2.45, 2.75) is 26.7 Å². The number of methoxy groups -OCH3 is 1. The molecule has 122 valence electrons. The van der Waals surface area contributed by atoms with E-state index in [9.17, 15) is 14.7 Å². The van der Waals surface area contributed by atoms with Crippen LogP contribution in [-0.2, 0) is 16.0 Å². The molecule has 2 rings (SSSR count). The molecule has 0 bridgehead atoms. The zero-order valence-corrected chi connectivity index (χ0v) is 13.4. The number of aromatic nitrogens is 1. The molecule has 0 aliphatic carbocycles. The number of amides is 1. The zero-order valence-electron chi connectivity index (χ0n) is 13.4. The highest BCUT2D eigenvalue weighted by atomic mass is 16.5. The second-order valence-corrected chi connectivity index (χ2v) is 5.53. The third kappa shape index (κ3) is 3.53. The molecule has 6 nitrogen and oxygen atoms in total. The van der Waals surface area contributed by atoms with E-state index in [2.05, 4.69) is 21.6 Å². The van der Waals surface area contributed by atoms with Crippen molar-refractivity contribution < 1.29 is 19.4 Å². The minimum absolute atomic E-state index is 0.0407. The molecule has 0 aliphatic heterocycles. The average molecular weight is 316 g/mol. The monoisotopic (exact) mass is 316 g/mol. The van der Waals surface area contributed by atoms with Crippen molar-refractivity contribution in [3.8, 4) is 5.75 Å². The van der Waals surface area contributed by atoms with E-state index in [-0.39, 0.29) is 17.4 Å². The number of hydrogen-bond acceptors (Lipinski definition) is 4. The molecule has 0 unspecified atom stereocenters. The van der Waals surface area contributed by atoms with Crippen LogP contribution in [0.3, 0.4) is 0 Å². The Balaban J connectivity index is 2.59. The summed E-state index contributed by atoms with van der Waals surface area (Å²) in [5.41, 5.74) is 2.89. The summed E-state index contributed by atoms with van der Waals surface area (Å²) < 4.78 is 4.68. The molecule has 0 saturated heterocycles. The Morgan fingerprint density at radius 3 is 2.61 bits per heavy atom. The summed E-state index contributed by atoms with van der Waals surface area (Å²) in [6.45, 7) is 7.16. The summed E-state index contributed by atoms with van der Waals surface area (Å²) in [6.07, 6.45) is 1.21. The van der Waals surface area contributed by atoms with Crippen LogP contribution in [0.15, 0.2) is 24.3 Å². The van der Waals surface area contributed by atoms with Crippen LogP contribution in [0.4, 0.5) is 5.69 Å². The van der Waals surface area contributed by atoms with Gasteiger partial charge in [-0.1, -0.05) is 5.57 Å². The summed E-state index contributed by atoms with van der Waals surface area (Å²) in [5, 5.41) is 13.8. The number of aromatic hydroxyl groups is 1. The summed E-state index contributed by atoms with van der Waals surface area (Å²) >= 11 is 0. The Bertz CT molecular complexity index is 789. The molecule has 0 radical (unpaired) electrons. The number of phenolic OH excluding ortho intramolecular Hbond substituents is 1. The summed E-state index contributed by atoms with van der Waals surface area (Å²) in [4.78, 5) is 25.9. The number of ether oxygens (including phenoxy) is 1. The van der Waals surface area contributed by atoms with Crippen molar-refractivity contribution in [3.63, 3.8) is 0 Å². The predicted octanol–water partition coefficient (Wildman–Crippen LogP) is 3.13. The fourth-order valence-corrected chi connectivity index (χ4v) is 2.41. The van der Waals surface area contributed by atoms with E-state index in [0.717, 1.165) is 5.57 Å². The molecule has 0 saturated carbocycles. The second kappa shape index (κ2) is 6.56. The lowest BCUT2D eigenvalue weighted by molar-refractivity contribution is -0.114. The van der Waals surface area contributed by atoms with Crippen LogP contribution in [0.5, 0.6) is 5.75 Å². The molecule has 3 N–H and O–H groups in total. The van der Waals surface area contributed by atoms with Crippen molar-refractivity contribution in [1.29, 1.82) is 0 Å². The minimum atomic E-state index is -0.523. The molecule has 0 atom stereocenters. The number of allylic oxidation sites excluding steroid dienone is 1. The standard InChI is InChI=1S/C17H20N2O4/c1-9(2)5-6-11-13(18-10(3)20)8-14-12(16(11)21)7-15(19-14)17(22)23-4/h7-8,19,21H,1,5-6H2,2-4H3,(H,18,20). The summed E-state index contributed by atoms with van der Waals surface area (Å²) in [5.74, 6) is -0.718. The molecule has 1 aromatic heterocycles. The van der Waals surface area contributed by atoms with Gasteiger partial charge in [-0.15, -0.1) is 6.58 Å². The van der Waals surface area contributed by atoms with Crippen molar-refractivity contribution in [1.82, 2.24) is 4.98 Å². The summed E-state index contributed by atoms with van der Waals surface area (Å²) in [6, 6.07) is 3.25. The van der Waals surface area contributed by atoms with Crippen LogP contribution >= 0.6 is 0 Å². The van der Waals surface area contributed by atoms with Gasteiger partial charge in [0.05, 0.1) is 12.6 Å². The maximum Gasteiger partial charge on any atom is 0.354 e. The number of anilines is 1. The van der Waals surface area contributed by atoms with E-state index in [0.29, 0.717) is 35.0 Å². The SMILES string of the molecule is C=C(C)CCc1c(NC(C)=O)cc2[nH]c(C(=O)OC)cc2c1O. The van der Waals surface area contributed by atoms with Gasteiger partial charge < -0.3 is 20.1 Å². The van der Waals surface area contributed by atoms with Gasteiger partial charge in [-0.2, -0.15) is 0 Å². The molecule has 0 fully saturated rings. The number of H-pyrrole nitrogens is 1. The maximum atomic E-state index is 11.6. The van der Waals surface area contributed by atoms with Gasteiger partial charge in [-0.25, -0.2) is 4.79 Å². The summed E-state index contributed by atoms with van der Waals surface area (Å²) in [7, 11) is 1.29. The third-order valence-electron chi connectivity index (χ3n) is 3.52. The number of nitrogens with one attached hydrogen (secondary N) is 2. The van der Waals surface area contributed by atoms with Crippen LogP contribution in [0.2, 0.25) is 0 Å². The first-order valence-corrected chi connectivity index (χ1v) is 7.21. The topological polar surface area (TPSA) is 91.4 Å². The highest BCUT2D eigenvalue weighted by Crippen LogP contribution is 2.36. The van der Waals surface area contributed by atoms with Crippen molar-refractivity contribution in [2.24, 2.45) is 0 Å². The molecule has 0 aliphatic rings. The Labute approximate surface area is 134 Å². The van der Waals surface area contributed by atoms with Gasteiger partial charge in [0.2, 0.25) is 5.91 Å². The number of esters is 1. The molecule has 0 spiro atoms. The lowest BCUT2D eigenvalue weighted by atomic mass is 10.0. The van der Waals surface area contributed by atoms with E-state index in [1.54, 1.807) is 6.07 Å². The first-order valence-electron chi connectivity index (χ1n) is 7.21. The van der Waals surface area contributed by atoms with E-state index in [1.807, 2.05) is 6.92 Å². The van der Waals surface area contributed by atoms with E-state index < -0.39 is 5.97 Å². The second-order valence-electron chi connectivity index (χ2n) is 5.53. The van der Waals surface area contributed by atoms with Crippen LogP contribution in [-0.4, -0.2) is 29.1 Å². The van der Waals surface area contributed by atoms with Crippen molar-refractivity contribution in [3.05, 3.63) is 35.5 Å². The largest absolute Gasteiger partial charge is 0.507 e. The number of benzene rings is 1. The first kappa shape index (κ1) is 16.6. The Morgan fingerprint density at radius 1 is 1.35 bits per heavy atom. The van der Waals surface area contributed by atoms with Gasteiger partial charge in [0, 0.05) is 23.6 Å². The molecule has 6 heteroatoms. The Hall–Kier alpha value is -2.76. The van der Waals surface area contributed by atoms with E-state index in [1.165, 1.54) is 20.1 Å². The number of rotatable bonds is 5. The predicted molar refractivity (Wildman–Crippen MR) is 88.7 cm³/mol. The van der Waals surface area contributed by atoms with Crippen molar-refractivity contribution >= 4 is 28.5 Å². The molecular formula is C17H20N2O4. The highest BCUT2D eigenvalue weighted by Gasteiger charge is 2.18. The highest BCUT2D eigenvalue weighted by molar-refractivity contribution is 6.01. The van der Waals surface area contributed by atoms with Crippen LogP contribution in [0.1, 0.15) is 36.3 Å². The van der Waals surface area contributed by atoms with E-state index >= 15 is 0 Å². The van der Waals surface area contributed by atoms with Gasteiger partial charge in [0.1, 0.15) is 11.4 Å². The minimum Gasteiger partial charge on any atom is -0.507 e. The number of fused-ring (bicyclic) bond motifs is 1. The number of aromatic amines is 1. The van der Waals surface area contributed by atoms with Gasteiger partial charge in [0.25, 0.3) is 0 Å². The molecule has 1 aromatic carbocycles. The fraction of sp³-hybridized carbons (Fsp3) is 0.294. The number of phenols is 1. The Morgan fingerprint density at radius 2 is 2.04 bits per heavy atom. The number of hydrogen-bond donors (Lipinski definition) is 3. The van der Waals surface area contributed by atoms with Gasteiger partial charge in [0.15, 0.2) is 0 Å². The first-order chi connectivity index (χ1) is 10.8. The normalized spacial score (nSPS) is 10.6. The average Bonchev–Trinajstić information content (AvgIpc) is 2.89. The quantitative estimate of drug-likeness (QED) is 0.584. The number of carbonyl (C=O) groups is 2. The Kier molecular flexibility index (Phi) is 4.74. The molecular weight excluding hydrogens is 296 g/mol. The van der Waals surface area contributed by atoms with E-state index in [4.69, 9.17) is 0 Å². The van der Waals surface area contributed by atoms with Crippen LogP contribution in [0.25, 0.3) is 10.9 Å². The number of carbonyl (C=O) groups excluding carboxylic acids is 2. The third-order valence-corrected chi connectivity index (χ3v) is 3.52. The lowest BCUT2D eigenvalue weighted by Gasteiger charge is -2.13. The molecule has 23 heavy (non-hydrogen) atoms. The lowest BCUT2D eigenvalue weighted by Crippen LogP contribution is -2.08. The van der Waals surface area contributed by atoms with Gasteiger partial charge >= 0.3 is 5.97 Å².